The molecule has 7 heteroatoms. The summed E-state index contributed by atoms with van der Waals surface area (Å²) in [5.74, 6) is 0.990. The molecule has 2 heterocycles. The van der Waals surface area contributed by atoms with Crippen LogP contribution in [0.25, 0.3) is 0 Å². The Morgan fingerprint density at radius 2 is 1.78 bits per heavy atom. The van der Waals surface area contributed by atoms with Gasteiger partial charge in [0.25, 0.3) is 5.91 Å². The lowest BCUT2D eigenvalue weighted by molar-refractivity contribution is -0.147. The van der Waals surface area contributed by atoms with Gasteiger partial charge in [-0.2, -0.15) is 0 Å². The van der Waals surface area contributed by atoms with Crippen molar-refractivity contribution in [3.8, 4) is 5.75 Å². The standard InChI is InChI=1S/C20H29N3O4/c1-26-16-5-2-15(3-6-16)4-9-19(24)22-10-12-23(13-11-22)20(25)18-8-7-17(14-21)27-18/h2-3,5-6,17-18H,4,7-14,21H2,1H3/t17-,18+/m1/s1. The second-order valence-electron chi connectivity index (χ2n) is 7.11. The van der Waals surface area contributed by atoms with Gasteiger partial charge in [0.2, 0.25) is 5.91 Å². The van der Waals surface area contributed by atoms with Crippen molar-refractivity contribution < 1.29 is 19.1 Å². The number of hydrogen-bond donors (Lipinski definition) is 1. The number of methoxy groups -OCH3 is 1. The number of nitrogens with zero attached hydrogens (tertiary/aromatic N) is 2. The minimum Gasteiger partial charge on any atom is -0.497 e. The Kier molecular flexibility index (Phi) is 6.68. The molecule has 27 heavy (non-hydrogen) atoms. The van der Waals surface area contributed by atoms with Gasteiger partial charge in [-0.3, -0.25) is 9.59 Å². The van der Waals surface area contributed by atoms with E-state index in [1.165, 1.54) is 0 Å². The maximum Gasteiger partial charge on any atom is 0.251 e. The molecule has 7 nitrogen and oxygen atoms in total. The molecule has 0 bridgehead atoms. The molecular formula is C20H29N3O4. The third-order valence-electron chi connectivity index (χ3n) is 5.38. The molecule has 2 aliphatic heterocycles. The number of ether oxygens (including phenoxy) is 2. The maximum absolute atomic E-state index is 12.5. The van der Waals surface area contributed by atoms with Crippen molar-refractivity contribution in [3.63, 3.8) is 0 Å². The first-order chi connectivity index (χ1) is 13.1. The van der Waals surface area contributed by atoms with Crippen molar-refractivity contribution >= 4 is 11.8 Å². The number of carbonyl (C=O) groups excluding carboxylic acids is 2. The topological polar surface area (TPSA) is 85.1 Å². The van der Waals surface area contributed by atoms with Crippen LogP contribution in [-0.2, 0) is 20.7 Å². The highest BCUT2D eigenvalue weighted by Gasteiger charge is 2.34. The van der Waals surface area contributed by atoms with E-state index < -0.39 is 0 Å². The molecule has 0 aromatic heterocycles. The molecule has 0 spiro atoms. The highest BCUT2D eigenvalue weighted by atomic mass is 16.5. The zero-order chi connectivity index (χ0) is 19.2. The van der Waals surface area contributed by atoms with Crippen LogP contribution in [0, 0.1) is 0 Å². The van der Waals surface area contributed by atoms with Crippen LogP contribution in [0.4, 0.5) is 0 Å². The average molecular weight is 375 g/mol. The van der Waals surface area contributed by atoms with E-state index in [2.05, 4.69) is 0 Å². The van der Waals surface area contributed by atoms with Gasteiger partial charge in [-0.05, 0) is 37.0 Å². The van der Waals surface area contributed by atoms with Gasteiger partial charge in [-0.15, -0.1) is 0 Å². The van der Waals surface area contributed by atoms with Crippen LogP contribution in [0.2, 0.25) is 0 Å². The van der Waals surface area contributed by atoms with Crippen LogP contribution < -0.4 is 10.5 Å². The molecule has 2 fully saturated rings. The minimum absolute atomic E-state index is 0.000212. The van der Waals surface area contributed by atoms with Crippen molar-refractivity contribution in [3.05, 3.63) is 29.8 Å². The molecule has 0 radical (unpaired) electrons. The first-order valence-corrected chi connectivity index (χ1v) is 9.65. The molecule has 2 saturated heterocycles. The number of amides is 2. The van der Waals surface area contributed by atoms with Crippen LogP contribution in [0.5, 0.6) is 5.75 Å². The van der Waals surface area contributed by atoms with Gasteiger partial charge in [0, 0.05) is 39.1 Å². The van der Waals surface area contributed by atoms with Crippen LogP contribution in [0.1, 0.15) is 24.8 Å². The third kappa shape index (κ3) is 4.99. The monoisotopic (exact) mass is 375 g/mol. The predicted molar refractivity (Wildman–Crippen MR) is 101 cm³/mol. The highest BCUT2D eigenvalue weighted by Crippen LogP contribution is 2.21. The number of rotatable bonds is 6. The number of nitrogens with two attached hydrogens (primary N) is 1. The molecule has 0 saturated carbocycles. The van der Waals surface area contributed by atoms with E-state index in [1.54, 1.807) is 7.11 Å². The smallest absolute Gasteiger partial charge is 0.251 e. The number of aryl methyl sites for hydroxylation is 1. The lowest BCUT2D eigenvalue weighted by Gasteiger charge is -2.36. The zero-order valence-corrected chi connectivity index (χ0v) is 15.9. The number of piperazine rings is 1. The summed E-state index contributed by atoms with van der Waals surface area (Å²) in [6, 6.07) is 7.78. The Morgan fingerprint density at radius 3 is 2.37 bits per heavy atom. The minimum atomic E-state index is -0.365. The summed E-state index contributed by atoms with van der Waals surface area (Å²) in [6.45, 7) is 2.77. The van der Waals surface area contributed by atoms with Crippen molar-refractivity contribution in [2.75, 3.05) is 39.8 Å². The van der Waals surface area contributed by atoms with Gasteiger partial charge in [0.05, 0.1) is 13.2 Å². The Bertz CT molecular complexity index is 641. The summed E-state index contributed by atoms with van der Waals surface area (Å²) in [4.78, 5) is 28.7. The summed E-state index contributed by atoms with van der Waals surface area (Å²) in [5, 5.41) is 0. The maximum atomic E-state index is 12.5. The van der Waals surface area contributed by atoms with Crippen LogP contribution in [0.3, 0.4) is 0 Å². The van der Waals surface area contributed by atoms with Crippen molar-refractivity contribution in [1.29, 1.82) is 0 Å². The van der Waals surface area contributed by atoms with Gasteiger partial charge in [0.1, 0.15) is 11.9 Å². The van der Waals surface area contributed by atoms with Gasteiger partial charge in [-0.25, -0.2) is 0 Å². The highest BCUT2D eigenvalue weighted by molar-refractivity contribution is 5.82. The molecule has 2 aliphatic rings. The normalized spacial score (nSPS) is 22.7. The van der Waals surface area contributed by atoms with Crippen LogP contribution in [-0.4, -0.2) is 73.7 Å². The number of hydrogen-bond acceptors (Lipinski definition) is 5. The fourth-order valence-corrected chi connectivity index (χ4v) is 3.64. The summed E-state index contributed by atoms with van der Waals surface area (Å²) >= 11 is 0. The zero-order valence-electron chi connectivity index (χ0n) is 15.9. The summed E-state index contributed by atoms with van der Waals surface area (Å²) in [6.07, 6.45) is 2.40. The summed E-state index contributed by atoms with van der Waals surface area (Å²) < 4.78 is 10.8. The van der Waals surface area contributed by atoms with Gasteiger partial charge < -0.3 is 25.0 Å². The van der Waals surface area contributed by atoms with E-state index in [0.29, 0.717) is 45.6 Å². The van der Waals surface area contributed by atoms with Gasteiger partial charge in [0.15, 0.2) is 0 Å². The van der Waals surface area contributed by atoms with E-state index in [0.717, 1.165) is 24.2 Å². The third-order valence-corrected chi connectivity index (χ3v) is 5.38. The number of carbonyl (C=O) groups is 2. The molecule has 1 aromatic carbocycles. The Morgan fingerprint density at radius 1 is 1.11 bits per heavy atom. The largest absolute Gasteiger partial charge is 0.497 e. The van der Waals surface area contributed by atoms with Crippen molar-refractivity contribution in [1.82, 2.24) is 9.80 Å². The first kappa shape index (κ1) is 19.6. The SMILES string of the molecule is COc1ccc(CCC(=O)N2CCN(C(=O)[C@@H]3CC[C@H](CN)O3)CC2)cc1. The van der Waals surface area contributed by atoms with E-state index in [9.17, 15) is 9.59 Å². The fraction of sp³-hybridized carbons (Fsp3) is 0.600. The molecule has 2 N–H and O–H groups in total. The quantitative estimate of drug-likeness (QED) is 0.795. The molecule has 2 atom stereocenters. The second kappa shape index (κ2) is 9.19. The Labute approximate surface area is 160 Å². The Balaban J connectivity index is 1.41. The molecule has 2 amide bonds. The van der Waals surface area contributed by atoms with Crippen molar-refractivity contribution in [2.45, 2.75) is 37.9 Å². The lowest BCUT2D eigenvalue weighted by Crippen LogP contribution is -2.53. The number of benzene rings is 1. The summed E-state index contributed by atoms with van der Waals surface area (Å²) in [7, 11) is 1.64. The van der Waals surface area contributed by atoms with E-state index in [4.69, 9.17) is 15.2 Å². The predicted octanol–water partition coefficient (Wildman–Crippen LogP) is 0.805. The molecule has 1 aromatic rings. The van der Waals surface area contributed by atoms with E-state index in [1.807, 2.05) is 34.1 Å². The molecule has 3 rings (SSSR count). The van der Waals surface area contributed by atoms with Crippen LogP contribution >= 0.6 is 0 Å². The average Bonchev–Trinajstić information content (AvgIpc) is 3.21. The van der Waals surface area contributed by atoms with Crippen molar-refractivity contribution in [2.24, 2.45) is 5.73 Å². The molecule has 0 aliphatic carbocycles. The van der Waals surface area contributed by atoms with E-state index >= 15 is 0 Å². The molecule has 0 unspecified atom stereocenters. The fourth-order valence-electron chi connectivity index (χ4n) is 3.64. The van der Waals surface area contributed by atoms with E-state index in [-0.39, 0.29) is 24.0 Å². The second-order valence-corrected chi connectivity index (χ2v) is 7.11. The Hall–Kier alpha value is -2.12. The summed E-state index contributed by atoms with van der Waals surface area (Å²) in [5.41, 5.74) is 6.73. The lowest BCUT2D eigenvalue weighted by atomic mass is 10.1. The van der Waals surface area contributed by atoms with Gasteiger partial charge >= 0.3 is 0 Å². The van der Waals surface area contributed by atoms with Gasteiger partial charge in [-0.1, -0.05) is 12.1 Å². The first-order valence-electron chi connectivity index (χ1n) is 9.65. The van der Waals surface area contributed by atoms with Crippen LogP contribution in [0.15, 0.2) is 24.3 Å². The molecule has 148 valence electrons. The molecular weight excluding hydrogens is 346 g/mol.